The molecule has 2 N–H and O–H groups in total. The zero-order valence-electron chi connectivity index (χ0n) is 14.0. The van der Waals surface area contributed by atoms with Gasteiger partial charge in [-0.2, -0.15) is 0 Å². The van der Waals surface area contributed by atoms with E-state index in [4.69, 9.17) is 0 Å². The zero-order chi connectivity index (χ0) is 15.8. The molecule has 1 aromatic carbocycles. The molecule has 0 aliphatic carbocycles. The number of rotatable bonds is 4. The monoisotopic (exact) mass is 278 g/mol. The Hall–Kier alpha value is -0.860. The molecule has 1 rings (SSSR count). The summed E-state index contributed by atoms with van der Waals surface area (Å²) in [5.74, 6) is 0. The van der Waals surface area contributed by atoms with Gasteiger partial charge in [-0.25, -0.2) is 0 Å². The van der Waals surface area contributed by atoms with Crippen molar-refractivity contribution in [3.8, 4) is 0 Å². The summed E-state index contributed by atoms with van der Waals surface area (Å²) in [6.07, 6.45) is 0. The van der Waals surface area contributed by atoms with E-state index in [0.29, 0.717) is 0 Å². The van der Waals surface area contributed by atoms with Crippen LogP contribution in [0.2, 0.25) is 0 Å². The van der Waals surface area contributed by atoms with Gasteiger partial charge in [0, 0.05) is 10.8 Å². The second-order valence-corrected chi connectivity index (χ2v) is 8.06. The normalized spacial score (nSPS) is 13.7. The van der Waals surface area contributed by atoms with E-state index < -0.39 is 0 Å². The average Bonchev–Trinajstić information content (AvgIpc) is 2.36. The van der Waals surface area contributed by atoms with E-state index in [-0.39, 0.29) is 29.5 Å². The van der Waals surface area contributed by atoms with E-state index in [9.17, 15) is 10.2 Å². The first-order valence-electron chi connectivity index (χ1n) is 7.33. The van der Waals surface area contributed by atoms with E-state index in [2.05, 4.69) is 60.6 Å². The molecular weight excluding hydrogens is 248 g/mol. The van der Waals surface area contributed by atoms with Crippen LogP contribution in [0.3, 0.4) is 0 Å². The lowest BCUT2D eigenvalue weighted by molar-refractivity contribution is 0.210. The summed E-state index contributed by atoms with van der Waals surface area (Å²) in [7, 11) is 0. The highest BCUT2D eigenvalue weighted by Gasteiger charge is 2.34. The van der Waals surface area contributed by atoms with E-state index in [1.165, 1.54) is 16.7 Å². The summed E-state index contributed by atoms with van der Waals surface area (Å²) < 4.78 is 0. The quantitative estimate of drug-likeness (QED) is 0.884. The number of benzene rings is 1. The lowest BCUT2D eigenvalue weighted by Gasteiger charge is -2.37. The lowest BCUT2D eigenvalue weighted by atomic mass is 9.68. The fourth-order valence-electron chi connectivity index (χ4n) is 2.66. The van der Waals surface area contributed by atoms with Crippen LogP contribution in [-0.4, -0.2) is 23.4 Å². The maximum atomic E-state index is 9.74. The van der Waals surface area contributed by atoms with Crippen LogP contribution in [0.1, 0.15) is 65.2 Å². The van der Waals surface area contributed by atoms with Crippen LogP contribution in [0, 0.1) is 0 Å². The Morgan fingerprint density at radius 2 is 1.10 bits per heavy atom. The first-order valence-corrected chi connectivity index (χ1v) is 7.33. The largest absolute Gasteiger partial charge is 0.395 e. The molecule has 0 radical (unpaired) electrons. The Bertz CT molecular complexity index is 431. The van der Waals surface area contributed by atoms with Gasteiger partial charge in [0.25, 0.3) is 0 Å². The van der Waals surface area contributed by atoms with E-state index in [1.54, 1.807) is 0 Å². The Morgan fingerprint density at radius 3 is 1.35 bits per heavy atom. The number of hydrogen-bond donors (Lipinski definition) is 2. The molecule has 0 atom stereocenters. The van der Waals surface area contributed by atoms with Crippen LogP contribution in [0.15, 0.2) is 18.2 Å². The summed E-state index contributed by atoms with van der Waals surface area (Å²) in [4.78, 5) is 0. The van der Waals surface area contributed by atoms with Crippen molar-refractivity contribution in [1.82, 2.24) is 0 Å². The second kappa shape index (κ2) is 5.50. The van der Waals surface area contributed by atoms with Gasteiger partial charge in [-0.3, -0.25) is 0 Å². The summed E-state index contributed by atoms with van der Waals surface area (Å²) in [6.45, 7) is 15.0. The van der Waals surface area contributed by atoms with Crippen molar-refractivity contribution in [3.05, 3.63) is 34.9 Å². The number of aliphatic hydroxyl groups is 2. The Morgan fingerprint density at radius 1 is 0.750 bits per heavy atom. The van der Waals surface area contributed by atoms with Crippen molar-refractivity contribution < 1.29 is 10.2 Å². The van der Waals surface area contributed by atoms with E-state index in [0.717, 1.165) is 0 Å². The van der Waals surface area contributed by atoms with Gasteiger partial charge >= 0.3 is 0 Å². The topological polar surface area (TPSA) is 40.5 Å². The molecule has 0 aromatic heterocycles. The fourth-order valence-corrected chi connectivity index (χ4v) is 2.66. The predicted molar refractivity (Wildman–Crippen MR) is 85.4 cm³/mol. The van der Waals surface area contributed by atoms with Gasteiger partial charge in [-0.1, -0.05) is 66.7 Å². The highest BCUT2D eigenvalue weighted by molar-refractivity contribution is 5.47. The van der Waals surface area contributed by atoms with Crippen LogP contribution >= 0.6 is 0 Å². The molecule has 0 spiro atoms. The molecule has 0 fully saturated rings. The van der Waals surface area contributed by atoms with Gasteiger partial charge in [0.2, 0.25) is 0 Å². The van der Waals surface area contributed by atoms with Crippen molar-refractivity contribution in [2.45, 2.75) is 64.7 Å². The van der Waals surface area contributed by atoms with E-state index >= 15 is 0 Å². The average molecular weight is 278 g/mol. The molecule has 0 amide bonds. The molecule has 0 aliphatic rings. The zero-order valence-corrected chi connectivity index (χ0v) is 14.0. The molecule has 0 unspecified atom stereocenters. The van der Waals surface area contributed by atoms with Crippen LogP contribution in [0.25, 0.3) is 0 Å². The van der Waals surface area contributed by atoms with Crippen LogP contribution in [-0.2, 0) is 16.2 Å². The van der Waals surface area contributed by atoms with Crippen molar-refractivity contribution >= 4 is 0 Å². The van der Waals surface area contributed by atoms with Gasteiger partial charge in [-0.05, 0) is 22.1 Å². The second-order valence-electron chi connectivity index (χ2n) is 8.06. The third-order valence-electron chi connectivity index (χ3n) is 4.06. The standard InChI is InChI=1S/C18H30O2/c1-16(2,3)15-13(17(4,5)11-19)9-8-10-14(15)18(6,7)12-20/h8-10,19-20H,11-12H2,1-7H3. The van der Waals surface area contributed by atoms with Crippen LogP contribution in [0.4, 0.5) is 0 Å². The molecule has 2 heteroatoms. The Kier molecular flexibility index (Phi) is 4.72. The summed E-state index contributed by atoms with van der Waals surface area (Å²) in [5, 5.41) is 19.5. The molecule has 20 heavy (non-hydrogen) atoms. The summed E-state index contributed by atoms with van der Waals surface area (Å²) in [6, 6.07) is 6.25. The SMILES string of the molecule is CC(C)(C)c1c(C(C)(C)CO)cccc1C(C)(C)CO. The molecule has 0 heterocycles. The molecule has 1 aromatic rings. The maximum absolute atomic E-state index is 9.74. The molecule has 0 saturated heterocycles. The van der Waals surface area contributed by atoms with Crippen molar-refractivity contribution in [3.63, 3.8) is 0 Å². The molecule has 0 aliphatic heterocycles. The Labute approximate surface area is 123 Å². The predicted octanol–water partition coefficient (Wildman–Crippen LogP) is 3.52. The van der Waals surface area contributed by atoms with E-state index in [1.807, 2.05) is 6.07 Å². The molecule has 0 bridgehead atoms. The Balaban J connectivity index is 3.69. The van der Waals surface area contributed by atoms with Crippen molar-refractivity contribution in [2.24, 2.45) is 0 Å². The van der Waals surface area contributed by atoms with Gasteiger partial charge in [-0.15, -0.1) is 0 Å². The minimum Gasteiger partial charge on any atom is -0.395 e. The fraction of sp³-hybridized carbons (Fsp3) is 0.667. The number of hydrogen-bond acceptors (Lipinski definition) is 2. The molecule has 2 nitrogen and oxygen atoms in total. The molecule has 114 valence electrons. The van der Waals surface area contributed by atoms with Gasteiger partial charge < -0.3 is 10.2 Å². The summed E-state index contributed by atoms with van der Waals surface area (Å²) >= 11 is 0. The van der Waals surface area contributed by atoms with Crippen LogP contribution < -0.4 is 0 Å². The van der Waals surface area contributed by atoms with Crippen molar-refractivity contribution in [2.75, 3.05) is 13.2 Å². The maximum Gasteiger partial charge on any atom is 0.0522 e. The van der Waals surface area contributed by atoms with Gasteiger partial charge in [0.05, 0.1) is 13.2 Å². The third-order valence-corrected chi connectivity index (χ3v) is 4.06. The first-order chi connectivity index (χ1) is 8.97. The van der Waals surface area contributed by atoms with Crippen LogP contribution in [0.5, 0.6) is 0 Å². The number of aliphatic hydroxyl groups excluding tert-OH is 2. The minimum atomic E-state index is -0.288. The lowest BCUT2D eigenvalue weighted by Crippen LogP contribution is -2.33. The molecule has 0 saturated carbocycles. The highest BCUT2D eigenvalue weighted by atomic mass is 16.3. The highest BCUT2D eigenvalue weighted by Crippen LogP contribution is 2.40. The van der Waals surface area contributed by atoms with Crippen molar-refractivity contribution in [1.29, 1.82) is 0 Å². The smallest absolute Gasteiger partial charge is 0.0522 e. The molecular formula is C18H30O2. The summed E-state index contributed by atoms with van der Waals surface area (Å²) in [5.41, 5.74) is 2.98. The minimum absolute atomic E-state index is 0.0369. The first kappa shape index (κ1) is 17.2. The van der Waals surface area contributed by atoms with Gasteiger partial charge in [0.1, 0.15) is 0 Å². The third kappa shape index (κ3) is 3.24. The van der Waals surface area contributed by atoms with Gasteiger partial charge in [0.15, 0.2) is 0 Å².